The average Bonchev–Trinajstić information content (AvgIpc) is 2.76. The summed E-state index contributed by atoms with van der Waals surface area (Å²) in [6.45, 7) is 3.86. The lowest BCUT2D eigenvalue weighted by molar-refractivity contribution is -0.0269. The van der Waals surface area contributed by atoms with Crippen LogP contribution in [0.25, 0.3) is 22.3 Å². The van der Waals surface area contributed by atoms with Gasteiger partial charge >= 0.3 is 0 Å². The summed E-state index contributed by atoms with van der Waals surface area (Å²) in [5.41, 5.74) is 5.78. The van der Waals surface area contributed by atoms with Gasteiger partial charge in [0.2, 0.25) is 0 Å². The van der Waals surface area contributed by atoms with E-state index in [9.17, 15) is 0 Å². The molecule has 3 nitrogen and oxygen atoms in total. The van der Waals surface area contributed by atoms with Crippen molar-refractivity contribution in [2.75, 3.05) is 25.0 Å². The molecule has 1 aromatic heterocycles. The third-order valence-corrected chi connectivity index (χ3v) is 7.45. The molecule has 4 fully saturated rings. The predicted octanol–water partition coefficient (Wildman–Crippen LogP) is 5.82. The third-order valence-electron chi connectivity index (χ3n) is 7.22. The maximum absolute atomic E-state index is 6.20. The molecule has 3 saturated heterocycles. The number of benzene rings is 2. The summed E-state index contributed by atoms with van der Waals surface area (Å²) in [6.07, 6.45) is 6.72. The molecular formula is C26H26ClN3. The zero-order valence-electron chi connectivity index (χ0n) is 17.0. The normalized spacial score (nSPS) is 29.2. The molecule has 152 valence electrons. The second-order valence-electron chi connectivity index (χ2n) is 9.30. The molecule has 7 rings (SSSR count). The number of piperidine rings is 3. The average molecular weight is 416 g/mol. The molecule has 3 aromatic rings. The van der Waals surface area contributed by atoms with Crippen molar-refractivity contribution in [1.29, 1.82) is 0 Å². The van der Waals surface area contributed by atoms with E-state index in [4.69, 9.17) is 11.6 Å². The second-order valence-corrected chi connectivity index (χ2v) is 9.74. The Bertz CT molecular complexity index is 1050. The van der Waals surface area contributed by atoms with E-state index in [0.717, 1.165) is 39.6 Å². The molecule has 1 saturated carbocycles. The van der Waals surface area contributed by atoms with Gasteiger partial charge in [-0.05, 0) is 71.6 Å². The van der Waals surface area contributed by atoms with E-state index in [2.05, 4.69) is 51.6 Å². The maximum atomic E-state index is 6.20. The van der Waals surface area contributed by atoms with Crippen LogP contribution in [0.2, 0.25) is 5.02 Å². The van der Waals surface area contributed by atoms with Gasteiger partial charge in [0.15, 0.2) is 0 Å². The van der Waals surface area contributed by atoms with E-state index in [-0.39, 0.29) is 0 Å². The Kier molecular flexibility index (Phi) is 4.54. The van der Waals surface area contributed by atoms with Gasteiger partial charge in [0, 0.05) is 48.7 Å². The number of rotatable bonds is 4. The van der Waals surface area contributed by atoms with E-state index in [1.165, 1.54) is 43.6 Å². The lowest BCUT2D eigenvalue weighted by Crippen LogP contribution is -2.62. The fraction of sp³-hybridized carbons (Fsp3) is 0.346. The first kappa shape index (κ1) is 18.4. The summed E-state index contributed by atoms with van der Waals surface area (Å²) in [7, 11) is 0. The zero-order valence-corrected chi connectivity index (χ0v) is 17.7. The summed E-state index contributed by atoms with van der Waals surface area (Å²) >= 11 is 6.20. The van der Waals surface area contributed by atoms with Crippen LogP contribution in [0.1, 0.15) is 12.8 Å². The number of aromatic nitrogens is 1. The molecule has 0 radical (unpaired) electrons. The van der Waals surface area contributed by atoms with Crippen LogP contribution < -0.4 is 5.32 Å². The van der Waals surface area contributed by atoms with Gasteiger partial charge in [-0.25, -0.2) is 0 Å². The molecule has 4 heterocycles. The maximum Gasteiger partial charge on any atom is 0.0535 e. The summed E-state index contributed by atoms with van der Waals surface area (Å²) in [5, 5.41) is 4.64. The van der Waals surface area contributed by atoms with Crippen molar-refractivity contribution in [3.05, 3.63) is 72.0 Å². The Morgan fingerprint density at radius 2 is 1.50 bits per heavy atom. The molecule has 4 heteroatoms. The third kappa shape index (κ3) is 3.40. The molecule has 4 aliphatic rings. The molecule has 1 aliphatic carbocycles. The Labute approximate surface area is 183 Å². The predicted molar refractivity (Wildman–Crippen MR) is 124 cm³/mol. The van der Waals surface area contributed by atoms with E-state index < -0.39 is 0 Å². The van der Waals surface area contributed by atoms with Crippen LogP contribution in [0.4, 0.5) is 5.69 Å². The standard InChI is InChI=1S/C26H26ClN3/c27-24-6-2-5-20(10-24)18-3-1-4-19(9-18)21-11-25(13-28-12-21)29-26-22-7-17-8-23(26)16-30(14-17)15-22/h1-6,9-13,17,22-23,26,29H,7-8,14-16H2. The van der Waals surface area contributed by atoms with Crippen LogP contribution in [0, 0.1) is 17.8 Å². The highest BCUT2D eigenvalue weighted by Crippen LogP contribution is 2.44. The van der Waals surface area contributed by atoms with Gasteiger partial charge in [0.25, 0.3) is 0 Å². The molecule has 2 unspecified atom stereocenters. The van der Waals surface area contributed by atoms with E-state index >= 15 is 0 Å². The molecular weight excluding hydrogens is 390 g/mol. The SMILES string of the molecule is Clc1cccc(-c2cccc(-c3cncc(NC4C5CC6CC4CN(C6)C5)c3)c2)c1. The summed E-state index contributed by atoms with van der Waals surface area (Å²) in [6, 6.07) is 19.5. The van der Waals surface area contributed by atoms with Crippen molar-refractivity contribution >= 4 is 17.3 Å². The van der Waals surface area contributed by atoms with Gasteiger partial charge < -0.3 is 10.2 Å². The van der Waals surface area contributed by atoms with Gasteiger partial charge in [-0.3, -0.25) is 4.98 Å². The summed E-state index contributed by atoms with van der Waals surface area (Å²) in [5.74, 6) is 2.50. The van der Waals surface area contributed by atoms with Gasteiger partial charge in [-0.1, -0.05) is 41.9 Å². The number of pyridine rings is 1. The smallest absolute Gasteiger partial charge is 0.0535 e. The number of hydrogen-bond acceptors (Lipinski definition) is 3. The highest BCUT2D eigenvalue weighted by molar-refractivity contribution is 6.30. The number of nitrogens with zero attached hydrogens (tertiary/aromatic N) is 2. The van der Waals surface area contributed by atoms with Gasteiger partial charge in [0.05, 0.1) is 5.69 Å². The van der Waals surface area contributed by atoms with Gasteiger partial charge in [0.1, 0.15) is 0 Å². The highest BCUT2D eigenvalue weighted by Gasteiger charge is 2.47. The molecule has 2 atom stereocenters. The first-order valence-corrected chi connectivity index (χ1v) is 11.4. The molecule has 4 bridgehead atoms. The quantitative estimate of drug-likeness (QED) is 0.581. The molecule has 2 aromatic carbocycles. The fourth-order valence-corrected chi connectivity index (χ4v) is 6.25. The van der Waals surface area contributed by atoms with Crippen molar-refractivity contribution < 1.29 is 0 Å². The lowest BCUT2D eigenvalue weighted by Gasteiger charge is -2.56. The number of nitrogens with one attached hydrogen (secondary N) is 1. The Morgan fingerprint density at radius 1 is 0.800 bits per heavy atom. The van der Waals surface area contributed by atoms with Gasteiger partial charge in [-0.2, -0.15) is 0 Å². The Morgan fingerprint density at radius 3 is 2.23 bits per heavy atom. The van der Waals surface area contributed by atoms with E-state index in [1.807, 2.05) is 30.6 Å². The first-order valence-electron chi connectivity index (χ1n) is 11.0. The van der Waals surface area contributed by atoms with E-state index in [1.54, 1.807) is 0 Å². The van der Waals surface area contributed by atoms with Crippen molar-refractivity contribution in [2.24, 2.45) is 17.8 Å². The molecule has 30 heavy (non-hydrogen) atoms. The first-order chi connectivity index (χ1) is 14.7. The van der Waals surface area contributed by atoms with Crippen molar-refractivity contribution in [3.8, 4) is 22.3 Å². The largest absolute Gasteiger partial charge is 0.380 e. The van der Waals surface area contributed by atoms with Crippen LogP contribution in [-0.4, -0.2) is 35.6 Å². The van der Waals surface area contributed by atoms with E-state index in [0.29, 0.717) is 6.04 Å². The molecule has 1 N–H and O–H groups in total. The Balaban J connectivity index is 1.26. The van der Waals surface area contributed by atoms with Gasteiger partial charge in [-0.15, -0.1) is 0 Å². The number of halogens is 1. The molecule has 0 spiro atoms. The summed E-state index contributed by atoms with van der Waals surface area (Å²) < 4.78 is 0. The van der Waals surface area contributed by atoms with Crippen LogP contribution in [0.3, 0.4) is 0 Å². The molecule has 3 aliphatic heterocycles. The monoisotopic (exact) mass is 415 g/mol. The minimum Gasteiger partial charge on any atom is -0.380 e. The fourth-order valence-electron chi connectivity index (χ4n) is 6.06. The number of hydrogen-bond donors (Lipinski definition) is 1. The van der Waals surface area contributed by atoms with Crippen molar-refractivity contribution in [1.82, 2.24) is 9.88 Å². The Hall–Kier alpha value is -2.36. The minimum absolute atomic E-state index is 0.590. The van der Waals surface area contributed by atoms with Crippen LogP contribution in [0.5, 0.6) is 0 Å². The number of anilines is 1. The topological polar surface area (TPSA) is 28.2 Å². The summed E-state index contributed by atoms with van der Waals surface area (Å²) in [4.78, 5) is 7.25. The van der Waals surface area contributed by atoms with Crippen molar-refractivity contribution in [2.45, 2.75) is 18.9 Å². The highest BCUT2D eigenvalue weighted by atomic mass is 35.5. The lowest BCUT2D eigenvalue weighted by atomic mass is 9.65. The zero-order chi connectivity index (χ0) is 20.1. The van der Waals surface area contributed by atoms with Crippen LogP contribution in [0.15, 0.2) is 67.0 Å². The second kappa shape index (κ2) is 7.40. The minimum atomic E-state index is 0.590. The van der Waals surface area contributed by atoms with Crippen LogP contribution >= 0.6 is 11.6 Å². The molecule has 0 amide bonds. The van der Waals surface area contributed by atoms with Crippen molar-refractivity contribution in [3.63, 3.8) is 0 Å². The van der Waals surface area contributed by atoms with Crippen LogP contribution in [-0.2, 0) is 0 Å².